The Bertz CT molecular complexity index is 725. The third-order valence-corrected chi connectivity index (χ3v) is 4.14. The standard InChI is InChI=1S/C18H27N5O/c1-5-6-8-18(4,9-7-12(2)3)23-16-15-14(21-17(19)22-16)10-13(24)11-20-15/h10-11,24H,2,5-9H2,1,3-4H3,(H3,19,21,22,23)/t18-/m1/s1. The molecular weight excluding hydrogens is 302 g/mol. The Labute approximate surface area is 143 Å². The number of rotatable bonds is 8. The fraction of sp³-hybridized carbons (Fsp3) is 0.500. The molecule has 2 aromatic rings. The highest BCUT2D eigenvalue weighted by Crippen LogP contribution is 2.30. The number of fused-ring (bicyclic) bond motifs is 1. The highest BCUT2D eigenvalue weighted by molar-refractivity contribution is 5.87. The molecule has 2 heterocycles. The van der Waals surface area contributed by atoms with Gasteiger partial charge in [-0.3, -0.25) is 0 Å². The molecule has 2 rings (SSSR count). The summed E-state index contributed by atoms with van der Waals surface area (Å²) in [5.41, 5.74) is 8.00. The number of nitrogens with two attached hydrogens (primary N) is 1. The van der Waals surface area contributed by atoms with Crippen molar-refractivity contribution in [2.24, 2.45) is 0 Å². The molecule has 0 aliphatic rings. The quantitative estimate of drug-likeness (QED) is 0.633. The highest BCUT2D eigenvalue weighted by Gasteiger charge is 2.25. The van der Waals surface area contributed by atoms with Gasteiger partial charge >= 0.3 is 0 Å². The molecule has 24 heavy (non-hydrogen) atoms. The van der Waals surface area contributed by atoms with E-state index in [1.807, 2.05) is 6.92 Å². The molecule has 6 nitrogen and oxygen atoms in total. The van der Waals surface area contributed by atoms with Crippen LogP contribution in [-0.4, -0.2) is 25.6 Å². The average Bonchev–Trinajstić information content (AvgIpc) is 2.50. The minimum absolute atomic E-state index is 0.0579. The first-order valence-electron chi connectivity index (χ1n) is 8.38. The summed E-state index contributed by atoms with van der Waals surface area (Å²) in [6, 6.07) is 1.54. The van der Waals surface area contributed by atoms with Crippen molar-refractivity contribution in [3.8, 4) is 5.75 Å². The molecule has 0 radical (unpaired) electrons. The summed E-state index contributed by atoms with van der Waals surface area (Å²) in [7, 11) is 0. The molecule has 0 spiro atoms. The summed E-state index contributed by atoms with van der Waals surface area (Å²) >= 11 is 0. The predicted molar refractivity (Wildman–Crippen MR) is 99.0 cm³/mol. The van der Waals surface area contributed by atoms with E-state index >= 15 is 0 Å². The Hall–Kier alpha value is -2.37. The fourth-order valence-corrected chi connectivity index (χ4v) is 2.71. The third-order valence-electron chi connectivity index (χ3n) is 4.14. The van der Waals surface area contributed by atoms with Crippen LogP contribution in [0.3, 0.4) is 0 Å². The monoisotopic (exact) mass is 329 g/mol. The van der Waals surface area contributed by atoms with Crippen molar-refractivity contribution in [2.45, 2.75) is 58.4 Å². The van der Waals surface area contributed by atoms with Crippen molar-refractivity contribution >= 4 is 22.8 Å². The molecule has 130 valence electrons. The van der Waals surface area contributed by atoms with Crippen molar-refractivity contribution in [3.63, 3.8) is 0 Å². The number of nitrogen functional groups attached to an aromatic ring is 1. The Morgan fingerprint density at radius 2 is 2.12 bits per heavy atom. The van der Waals surface area contributed by atoms with Crippen LogP contribution in [0.25, 0.3) is 11.0 Å². The molecule has 0 saturated heterocycles. The Kier molecular flexibility index (Phi) is 5.59. The summed E-state index contributed by atoms with van der Waals surface area (Å²) in [6.45, 7) is 10.4. The summed E-state index contributed by atoms with van der Waals surface area (Å²) in [4.78, 5) is 12.8. The van der Waals surface area contributed by atoms with E-state index in [2.05, 4.69) is 40.7 Å². The topological polar surface area (TPSA) is 97.0 Å². The number of aromatic nitrogens is 3. The number of aromatic hydroxyl groups is 1. The summed E-state index contributed by atoms with van der Waals surface area (Å²) in [5.74, 6) is 0.829. The van der Waals surface area contributed by atoms with E-state index < -0.39 is 0 Å². The van der Waals surface area contributed by atoms with E-state index in [9.17, 15) is 5.11 Å². The fourth-order valence-electron chi connectivity index (χ4n) is 2.71. The predicted octanol–water partition coefficient (Wildman–Crippen LogP) is 4.03. The number of hydrogen-bond donors (Lipinski definition) is 3. The Morgan fingerprint density at radius 3 is 2.79 bits per heavy atom. The number of anilines is 2. The van der Waals surface area contributed by atoms with Crippen LogP contribution >= 0.6 is 0 Å². The molecule has 2 aromatic heterocycles. The van der Waals surface area contributed by atoms with Gasteiger partial charge in [0, 0.05) is 11.6 Å². The number of nitrogens with one attached hydrogen (secondary N) is 1. The number of nitrogens with zero attached hydrogens (tertiary/aromatic N) is 3. The van der Waals surface area contributed by atoms with Crippen LogP contribution in [-0.2, 0) is 0 Å². The van der Waals surface area contributed by atoms with Gasteiger partial charge in [-0.05, 0) is 33.1 Å². The lowest BCUT2D eigenvalue weighted by Crippen LogP contribution is -2.35. The second-order valence-corrected chi connectivity index (χ2v) is 6.74. The highest BCUT2D eigenvalue weighted by atomic mass is 16.3. The van der Waals surface area contributed by atoms with Gasteiger partial charge in [0.05, 0.1) is 6.20 Å². The van der Waals surface area contributed by atoms with Crippen LogP contribution in [0, 0.1) is 0 Å². The lowest BCUT2D eigenvalue weighted by atomic mass is 9.88. The van der Waals surface area contributed by atoms with Crippen LogP contribution in [0.2, 0.25) is 0 Å². The van der Waals surface area contributed by atoms with E-state index in [-0.39, 0.29) is 17.2 Å². The van der Waals surface area contributed by atoms with Gasteiger partial charge in [-0.2, -0.15) is 4.98 Å². The van der Waals surface area contributed by atoms with Gasteiger partial charge in [0.2, 0.25) is 5.95 Å². The molecule has 0 amide bonds. The molecule has 0 bridgehead atoms. The van der Waals surface area contributed by atoms with Gasteiger partial charge in [-0.25, -0.2) is 9.97 Å². The van der Waals surface area contributed by atoms with Crippen LogP contribution < -0.4 is 11.1 Å². The zero-order valence-electron chi connectivity index (χ0n) is 14.8. The molecule has 4 N–H and O–H groups in total. The summed E-state index contributed by atoms with van der Waals surface area (Å²) in [6.07, 6.45) is 6.55. The lowest BCUT2D eigenvalue weighted by Gasteiger charge is -2.32. The van der Waals surface area contributed by atoms with Gasteiger partial charge in [-0.1, -0.05) is 25.3 Å². The molecule has 0 aliphatic carbocycles. The maximum atomic E-state index is 9.61. The molecule has 0 aromatic carbocycles. The second kappa shape index (κ2) is 7.47. The molecule has 0 fully saturated rings. The maximum Gasteiger partial charge on any atom is 0.222 e. The number of hydrogen-bond acceptors (Lipinski definition) is 6. The molecular formula is C18H27N5O. The van der Waals surface area contributed by atoms with Gasteiger partial charge in [0.25, 0.3) is 0 Å². The molecule has 0 aliphatic heterocycles. The normalized spacial score (nSPS) is 13.6. The lowest BCUT2D eigenvalue weighted by molar-refractivity contribution is 0.420. The number of pyridine rings is 1. The molecule has 0 saturated carbocycles. The number of allylic oxidation sites excluding steroid dienone is 1. The minimum Gasteiger partial charge on any atom is -0.506 e. The zero-order chi connectivity index (χ0) is 17.7. The van der Waals surface area contributed by atoms with Crippen LogP contribution in [0.15, 0.2) is 24.4 Å². The van der Waals surface area contributed by atoms with Crippen LogP contribution in [0.1, 0.15) is 52.9 Å². The van der Waals surface area contributed by atoms with E-state index in [1.165, 1.54) is 6.20 Å². The SMILES string of the molecule is C=C(C)CC[C@@](C)(CCCC)Nc1nc(N)nc2cc(O)cnc12. The van der Waals surface area contributed by atoms with Gasteiger partial charge < -0.3 is 16.2 Å². The first-order valence-corrected chi connectivity index (χ1v) is 8.38. The van der Waals surface area contributed by atoms with Crippen molar-refractivity contribution in [1.29, 1.82) is 0 Å². The van der Waals surface area contributed by atoms with Crippen molar-refractivity contribution in [3.05, 3.63) is 24.4 Å². The second-order valence-electron chi connectivity index (χ2n) is 6.74. The van der Waals surface area contributed by atoms with E-state index in [0.29, 0.717) is 16.9 Å². The van der Waals surface area contributed by atoms with Crippen LogP contribution in [0.5, 0.6) is 5.75 Å². The Balaban J connectivity index is 2.37. The van der Waals surface area contributed by atoms with Gasteiger partial charge in [0.1, 0.15) is 16.8 Å². The van der Waals surface area contributed by atoms with Crippen molar-refractivity contribution in [1.82, 2.24) is 15.0 Å². The smallest absolute Gasteiger partial charge is 0.222 e. The average molecular weight is 329 g/mol. The molecule has 6 heteroatoms. The summed E-state index contributed by atoms with van der Waals surface area (Å²) in [5, 5.41) is 13.1. The molecule has 1 atom stereocenters. The maximum absolute atomic E-state index is 9.61. The van der Waals surface area contributed by atoms with Crippen molar-refractivity contribution < 1.29 is 5.11 Å². The van der Waals surface area contributed by atoms with E-state index in [0.717, 1.165) is 37.7 Å². The largest absolute Gasteiger partial charge is 0.506 e. The van der Waals surface area contributed by atoms with Gasteiger partial charge in [0.15, 0.2) is 5.82 Å². The third kappa shape index (κ3) is 4.57. The first kappa shape index (κ1) is 18.0. The van der Waals surface area contributed by atoms with E-state index in [1.54, 1.807) is 6.07 Å². The summed E-state index contributed by atoms with van der Waals surface area (Å²) < 4.78 is 0. The van der Waals surface area contributed by atoms with Crippen molar-refractivity contribution in [2.75, 3.05) is 11.1 Å². The Morgan fingerprint density at radius 1 is 1.38 bits per heavy atom. The van der Waals surface area contributed by atoms with Gasteiger partial charge in [-0.15, -0.1) is 6.58 Å². The number of unbranched alkanes of at least 4 members (excludes halogenated alkanes) is 1. The van der Waals surface area contributed by atoms with E-state index in [4.69, 9.17) is 5.73 Å². The minimum atomic E-state index is -0.137. The van der Waals surface area contributed by atoms with Crippen LogP contribution in [0.4, 0.5) is 11.8 Å². The first-order chi connectivity index (χ1) is 11.3. The zero-order valence-corrected chi connectivity index (χ0v) is 14.8. The molecule has 0 unspecified atom stereocenters.